The molecule has 40 heavy (non-hydrogen) atoms. The van der Waals surface area contributed by atoms with Crippen LogP contribution in [0.1, 0.15) is 58.4 Å². The first kappa shape index (κ1) is 28.6. The van der Waals surface area contributed by atoms with Gasteiger partial charge in [0.1, 0.15) is 11.6 Å². The summed E-state index contributed by atoms with van der Waals surface area (Å²) in [7, 11) is 0. The second-order valence-electron chi connectivity index (χ2n) is 12.0. The van der Waals surface area contributed by atoms with E-state index >= 15 is 0 Å². The molecule has 2 saturated heterocycles. The molecule has 0 bridgehead atoms. The van der Waals surface area contributed by atoms with Gasteiger partial charge in [0.15, 0.2) is 0 Å². The average Bonchev–Trinajstić information content (AvgIpc) is 3.20. The summed E-state index contributed by atoms with van der Waals surface area (Å²) >= 11 is 0. The molecule has 4 heterocycles. The zero-order chi connectivity index (χ0) is 28.5. The van der Waals surface area contributed by atoms with Gasteiger partial charge in [-0.15, -0.1) is 0 Å². The van der Waals surface area contributed by atoms with E-state index in [0.717, 1.165) is 24.8 Å². The number of aliphatic hydroxyl groups is 1. The maximum Gasteiger partial charge on any atom is 0.249 e. The highest BCUT2D eigenvalue weighted by atomic mass is 16.5. The van der Waals surface area contributed by atoms with Crippen molar-refractivity contribution in [1.82, 2.24) is 14.7 Å². The van der Waals surface area contributed by atoms with Gasteiger partial charge in [0, 0.05) is 38.8 Å². The van der Waals surface area contributed by atoms with Crippen molar-refractivity contribution in [2.75, 3.05) is 26.2 Å². The van der Waals surface area contributed by atoms with Gasteiger partial charge in [-0.25, -0.2) is 0 Å². The Morgan fingerprint density at radius 1 is 0.975 bits per heavy atom. The van der Waals surface area contributed by atoms with Crippen molar-refractivity contribution in [3.8, 4) is 0 Å². The highest BCUT2D eigenvalue weighted by Crippen LogP contribution is 2.57. The van der Waals surface area contributed by atoms with E-state index in [4.69, 9.17) is 4.74 Å². The number of hydrogen-bond acceptors (Lipinski definition) is 5. The molecule has 8 nitrogen and oxygen atoms in total. The number of aliphatic hydroxyl groups excluding tert-OH is 1. The Morgan fingerprint density at radius 2 is 1.73 bits per heavy atom. The molecule has 1 aromatic carbocycles. The predicted molar refractivity (Wildman–Crippen MR) is 152 cm³/mol. The highest BCUT2D eigenvalue weighted by Gasteiger charge is 2.74. The van der Waals surface area contributed by atoms with E-state index in [-0.39, 0.29) is 30.4 Å². The molecule has 1 N–H and O–H groups in total. The number of nitrogens with zero attached hydrogens (tertiary/aromatic N) is 3. The second-order valence-corrected chi connectivity index (χ2v) is 12.0. The summed E-state index contributed by atoms with van der Waals surface area (Å²) in [4.78, 5) is 48.4. The van der Waals surface area contributed by atoms with Gasteiger partial charge < -0.3 is 24.5 Å². The maximum absolute atomic E-state index is 14.4. The quantitative estimate of drug-likeness (QED) is 0.357. The van der Waals surface area contributed by atoms with Gasteiger partial charge in [-0.05, 0) is 45.1 Å². The van der Waals surface area contributed by atoms with Crippen molar-refractivity contribution in [3.63, 3.8) is 0 Å². The Morgan fingerprint density at radius 3 is 2.45 bits per heavy atom. The summed E-state index contributed by atoms with van der Waals surface area (Å²) < 4.78 is 6.91. The Kier molecular flexibility index (Phi) is 8.20. The minimum absolute atomic E-state index is 0.0213. The molecule has 0 saturated carbocycles. The molecular formula is C32H43N3O5. The fraction of sp³-hybridized carbons (Fsp3) is 0.594. The topological polar surface area (TPSA) is 90.4 Å². The van der Waals surface area contributed by atoms with Gasteiger partial charge in [-0.3, -0.25) is 14.4 Å². The molecule has 4 aliphatic heterocycles. The van der Waals surface area contributed by atoms with Crippen LogP contribution in [-0.2, 0) is 25.7 Å². The summed E-state index contributed by atoms with van der Waals surface area (Å²) in [5.41, 5.74) is -1.22. The van der Waals surface area contributed by atoms with Crippen LogP contribution in [0.5, 0.6) is 0 Å². The largest absolute Gasteiger partial charge is 0.396 e. The van der Waals surface area contributed by atoms with Gasteiger partial charge in [0.25, 0.3) is 0 Å². The summed E-state index contributed by atoms with van der Waals surface area (Å²) in [6.07, 6.45) is 11.7. The van der Waals surface area contributed by atoms with Gasteiger partial charge in [0.2, 0.25) is 17.7 Å². The van der Waals surface area contributed by atoms with Gasteiger partial charge in [-0.2, -0.15) is 0 Å². The summed E-state index contributed by atoms with van der Waals surface area (Å²) in [5.74, 6) is -1.95. The zero-order valence-corrected chi connectivity index (χ0v) is 24.0. The van der Waals surface area contributed by atoms with Crippen molar-refractivity contribution in [2.45, 2.75) is 82.7 Å². The first-order chi connectivity index (χ1) is 19.3. The smallest absolute Gasteiger partial charge is 0.249 e. The first-order valence-corrected chi connectivity index (χ1v) is 14.9. The molecule has 2 unspecified atom stereocenters. The van der Waals surface area contributed by atoms with E-state index in [9.17, 15) is 19.5 Å². The lowest BCUT2D eigenvalue weighted by molar-refractivity contribution is -0.154. The lowest BCUT2D eigenvalue weighted by atomic mass is 9.74. The minimum Gasteiger partial charge on any atom is -0.396 e. The van der Waals surface area contributed by atoms with Crippen LogP contribution in [0.4, 0.5) is 0 Å². The molecule has 1 spiro atoms. The fourth-order valence-corrected chi connectivity index (χ4v) is 7.32. The van der Waals surface area contributed by atoms with Crippen LogP contribution in [0.3, 0.4) is 0 Å². The number of likely N-dealkylation sites (tertiary alicyclic amines) is 1. The maximum atomic E-state index is 14.4. The van der Waals surface area contributed by atoms with Crippen molar-refractivity contribution in [3.05, 3.63) is 60.2 Å². The number of rotatable bonds is 10. The van der Waals surface area contributed by atoms with Gasteiger partial charge in [0.05, 0.1) is 17.4 Å². The van der Waals surface area contributed by atoms with Crippen molar-refractivity contribution >= 4 is 17.7 Å². The molecule has 216 valence electrons. The number of hydrogen-bond donors (Lipinski definition) is 1. The molecule has 2 fully saturated rings. The zero-order valence-electron chi connectivity index (χ0n) is 24.0. The second kappa shape index (κ2) is 11.5. The number of unbranched alkanes of at least 4 members (excludes halogenated alkanes) is 2. The number of carbonyl (C=O) groups is 3. The van der Waals surface area contributed by atoms with Crippen LogP contribution >= 0.6 is 0 Å². The monoisotopic (exact) mass is 549 g/mol. The molecular weight excluding hydrogens is 506 g/mol. The number of amides is 3. The molecule has 5 rings (SSSR count). The van der Waals surface area contributed by atoms with Crippen LogP contribution in [0.25, 0.3) is 0 Å². The summed E-state index contributed by atoms with van der Waals surface area (Å²) in [5, 5.41) is 9.28. The van der Waals surface area contributed by atoms with E-state index in [1.165, 1.54) is 0 Å². The Hall–Kier alpha value is -2.97. The molecule has 6 atom stereocenters. The standard InChI is InChI=1S/C32H43N3O5/c1-4-13-23(2)34-20-12-17-32-26(29(38)35(27(32)30(34)39)19-9-6-10-21-36)25-28(37)33(18-11-16-31(25,3)40-32)22-24-14-7-5-8-15-24/h5,7-8,11-12,14-17,23,25-27,36H,4,6,9-10,13,18-22H2,1-3H3/t23?,25-,26-,27?,31+,32-/m0/s1. The number of carbonyl (C=O) groups excluding carboxylic acids is 3. The van der Waals surface area contributed by atoms with Crippen molar-refractivity contribution in [1.29, 1.82) is 0 Å². The van der Waals surface area contributed by atoms with Gasteiger partial charge >= 0.3 is 0 Å². The lowest BCUT2D eigenvalue weighted by Gasteiger charge is -2.38. The third-order valence-electron chi connectivity index (χ3n) is 9.18. The fourth-order valence-electron chi connectivity index (χ4n) is 7.32. The Labute approximate surface area is 237 Å². The van der Waals surface area contributed by atoms with Crippen LogP contribution in [-0.4, -0.2) is 87.1 Å². The normalized spacial score (nSPS) is 32.1. The number of benzene rings is 1. The van der Waals surface area contributed by atoms with Gasteiger partial charge in [-0.1, -0.05) is 68.0 Å². The molecule has 8 heteroatoms. The van der Waals surface area contributed by atoms with Crippen LogP contribution < -0.4 is 0 Å². The highest BCUT2D eigenvalue weighted by molar-refractivity contribution is 6.00. The third-order valence-corrected chi connectivity index (χ3v) is 9.18. The van der Waals surface area contributed by atoms with E-state index in [2.05, 4.69) is 13.8 Å². The van der Waals surface area contributed by atoms with E-state index in [1.54, 1.807) is 9.80 Å². The molecule has 0 aromatic heterocycles. The molecule has 4 aliphatic rings. The first-order valence-electron chi connectivity index (χ1n) is 14.9. The average molecular weight is 550 g/mol. The molecule has 3 amide bonds. The van der Waals surface area contributed by atoms with Crippen molar-refractivity contribution < 1.29 is 24.2 Å². The Bertz CT molecular complexity index is 1170. The van der Waals surface area contributed by atoms with Crippen LogP contribution in [0, 0.1) is 11.8 Å². The summed E-state index contributed by atoms with van der Waals surface area (Å²) in [6.45, 7) is 7.86. The van der Waals surface area contributed by atoms with E-state index in [1.807, 2.05) is 66.5 Å². The van der Waals surface area contributed by atoms with Crippen LogP contribution in [0.2, 0.25) is 0 Å². The van der Waals surface area contributed by atoms with Crippen molar-refractivity contribution in [2.24, 2.45) is 11.8 Å². The minimum atomic E-state index is -1.22. The predicted octanol–water partition coefficient (Wildman–Crippen LogP) is 3.31. The van der Waals surface area contributed by atoms with E-state index < -0.39 is 29.1 Å². The van der Waals surface area contributed by atoms with Crippen LogP contribution in [0.15, 0.2) is 54.6 Å². The molecule has 1 aromatic rings. The number of ether oxygens (including phenoxy) is 1. The SMILES string of the molecule is CCCC(C)N1CC=C[C@]23O[C@]4(C)C=CCN(Cc5ccccc5)C(=O)[C@@H]4[C@H]2C(=O)N(CCCCCO)C3C1=O. The third kappa shape index (κ3) is 4.79. The molecule has 0 radical (unpaired) electrons. The Balaban J connectivity index is 1.54. The summed E-state index contributed by atoms with van der Waals surface area (Å²) in [6, 6.07) is 9.05. The lowest BCUT2D eigenvalue weighted by Crippen LogP contribution is -2.57. The number of fused-ring (bicyclic) bond motifs is 2. The molecule has 0 aliphatic carbocycles. The van der Waals surface area contributed by atoms with E-state index in [0.29, 0.717) is 39.0 Å².